The maximum Gasteiger partial charge on any atom is 0.125 e. The summed E-state index contributed by atoms with van der Waals surface area (Å²) in [6.45, 7) is 4.12. The van der Waals surface area contributed by atoms with E-state index >= 15 is 0 Å². The van der Waals surface area contributed by atoms with E-state index < -0.39 is 0 Å². The minimum atomic E-state index is -0.335. The Morgan fingerprint density at radius 3 is 2.37 bits per heavy atom. The van der Waals surface area contributed by atoms with Crippen molar-refractivity contribution in [1.82, 2.24) is 4.98 Å². The normalized spacial score (nSPS) is 10.7. The first-order chi connectivity index (χ1) is 8.55. The van der Waals surface area contributed by atoms with Gasteiger partial charge in [0.1, 0.15) is 11.6 Å². The molecule has 0 saturated carbocycles. The Kier molecular flexibility index (Phi) is 5.09. The van der Waals surface area contributed by atoms with Gasteiger partial charge in [0, 0.05) is 37.8 Å². The van der Waals surface area contributed by atoms with Crippen molar-refractivity contribution in [2.45, 2.75) is 19.3 Å². The molecule has 19 heavy (non-hydrogen) atoms. The van der Waals surface area contributed by atoms with Gasteiger partial charge in [-0.05, 0) is 18.2 Å². The SMILES string of the molecule is CNc1cccc(C(C)(C)c2ccccc2O)n1.[Os]. The predicted octanol–water partition coefficient (Wildman–Crippen LogP) is 3.15. The molecule has 102 valence electrons. The van der Waals surface area contributed by atoms with E-state index in [9.17, 15) is 5.11 Å². The molecule has 0 radical (unpaired) electrons. The van der Waals surface area contributed by atoms with Crippen LogP contribution in [0, 0.1) is 0 Å². The minimum Gasteiger partial charge on any atom is -0.508 e. The van der Waals surface area contributed by atoms with Crippen molar-refractivity contribution in [1.29, 1.82) is 0 Å². The number of pyridine rings is 1. The molecule has 0 unspecified atom stereocenters. The number of anilines is 1. The van der Waals surface area contributed by atoms with Gasteiger partial charge >= 0.3 is 0 Å². The van der Waals surface area contributed by atoms with Crippen LogP contribution in [0.4, 0.5) is 5.82 Å². The molecule has 2 aromatic rings. The molecule has 0 fully saturated rings. The van der Waals surface area contributed by atoms with Crippen molar-refractivity contribution < 1.29 is 24.9 Å². The number of phenols is 1. The fraction of sp³-hybridized carbons (Fsp3) is 0.267. The average molecular weight is 433 g/mol. The van der Waals surface area contributed by atoms with Gasteiger partial charge in [0.05, 0.1) is 5.69 Å². The van der Waals surface area contributed by atoms with Crippen LogP contribution in [-0.4, -0.2) is 17.1 Å². The van der Waals surface area contributed by atoms with Crippen molar-refractivity contribution in [3.05, 3.63) is 53.7 Å². The van der Waals surface area contributed by atoms with Crippen LogP contribution in [0.15, 0.2) is 42.5 Å². The van der Waals surface area contributed by atoms with E-state index in [4.69, 9.17) is 0 Å². The summed E-state index contributed by atoms with van der Waals surface area (Å²) in [5.74, 6) is 1.13. The molecular formula is C15H18N2OOs. The second kappa shape index (κ2) is 6.17. The van der Waals surface area contributed by atoms with E-state index in [0.29, 0.717) is 5.75 Å². The molecule has 2 N–H and O–H groups in total. The first kappa shape index (κ1) is 15.7. The third kappa shape index (κ3) is 3.14. The molecule has 1 aromatic carbocycles. The maximum absolute atomic E-state index is 9.99. The summed E-state index contributed by atoms with van der Waals surface area (Å²) in [5.41, 5.74) is 1.47. The van der Waals surface area contributed by atoms with E-state index in [2.05, 4.69) is 24.1 Å². The largest absolute Gasteiger partial charge is 0.508 e. The summed E-state index contributed by atoms with van der Waals surface area (Å²) in [6, 6.07) is 13.3. The fourth-order valence-corrected chi connectivity index (χ4v) is 2.06. The van der Waals surface area contributed by atoms with Gasteiger partial charge in [-0.15, -0.1) is 0 Å². The summed E-state index contributed by atoms with van der Waals surface area (Å²) >= 11 is 0. The molecule has 4 heteroatoms. The summed E-state index contributed by atoms with van der Waals surface area (Å²) in [4.78, 5) is 4.56. The predicted molar refractivity (Wildman–Crippen MR) is 74.0 cm³/mol. The standard InChI is InChI=1S/C15H18N2O.Os/c1-15(2,11-7-4-5-8-12(11)18)13-9-6-10-14(16-3)17-13;/h4-10,18H,1-3H3,(H,16,17);. The van der Waals surface area contributed by atoms with Crippen LogP contribution >= 0.6 is 0 Å². The molecule has 0 amide bonds. The van der Waals surface area contributed by atoms with Gasteiger partial charge in [-0.1, -0.05) is 38.1 Å². The number of benzene rings is 1. The summed E-state index contributed by atoms with van der Waals surface area (Å²) in [5, 5.41) is 13.0. The van der Waals surface area contributed by atoms with E-state index in [0.717, 1.165) is 17.1 Å². The number of aromatic hydroxyl groups is 1. The van der Waals surface area contributed by atoms with Gasteiger partial charge in [0.25, 0.3) is 0 Å². The fourth-order valence-electron chi connectivity index (χ4n) is 2.06. The van der Waals surface area contributed by atoms with E-state index in [-0.39, 0.29) is 25.2 Å². The molecule has 1 heterocycles. The number of phenolic OH excluding ortho intramolecular Hbond substituents is 1. The second-order valence-corrected chi connectivity index (χ2v) is 4.80. The van der Waals surface area contributed by atoms with E-state index in [1.54, 1.807) is 6.07 Å². The zero-order chi connectivity index (χ0) is 13.2. The topological polar surface area (TPSA) is 45.1 Å². The molecule has 0 aliphatic heterocycles. The van der Waals surface area contributed by atoms with Crippen LogP contribution in [0.5, 0.6) is 5.75 Å². The smallest absolute Gasteiger partial charge is 0.125 e. The van der Waals surface area contributed by atoms with Crippen LogP contribution in [0.3, 0.4) is 0 Å². The minimum absolute atomic E-state index is 0. The third-order valence-corrected chi connectivity index (χ3v) is 3.22. The third-order valence-electron chi connectivity index (χ3n) is 3.22. The van der Waals surface area contributed by atoms with Crippen molar-refractivity contribution in [2.24, 2.45) is 0 Å². The zero-order valence-electron chi connectivity index (χ0n) is 11.3. The van der Waals surface area contributed by atoms with Crippen LogP contribution in [0.1, 0.15) is 25.1 Å². The molecule has 0 bridgehead atoms. The number of para-hydroxylation sites is 1. The molecule has 0 spiro atoms. The number of nitrogens with one attached hydrogen (secondary N) is 1. The Morgan fingerprint density at radius 2 is 1.74 bits per heavy atom. The van der Waals surface area contributed by atoms with Gasteiger partial charge in [-0.3, -0.25) is 0 Å². The Hall–Kier alpha value is -1.39. The van der Waals surface area contributed by atoms with Crippen LogP contribution in [-0.2, 0) is 25.2 Å². The average Bonchev–Trinajstić information content (AvgIpc) is 2.39. The summed E-state index contributed by atoms with van der Waals surface area (Å²) in [7, 11) is 1.85. The van der Waals surface area contributed by atoms with Gasteiger partial charge in [-0.2, -0.15) is 0 Å². The molecule has 0 aliphatic rings. The summed E-state index contributed by atoms with van der Waals surface area (Å²) < 4.78 is 0. The number of hydrogen-bond donors (Lipinski definition) is 2. The van der Waals surface area contributed by atoms with Gasteiger partial charge in [0.2, 0.25) is 0 Å². The Morgan fingerprint density at radius 1 is 1.05 bits per heavy atom. The molecule has 3 nitrogen and oxygen atoms in total. The maximum atomic E-state index is 9.99. The molecule has 2 rings (SSSR count). The molecule has 0 atom stereocenters. The van der Waals surface area contributed by atoms with Crippen molar-refractivity contribution in [3.8, 4) is 5.75 Å². The van der Waals surface area contributed by atoms with E-state index in [1.807, 2.05) is 43.4 Å². The van der Waals surface area contributed by atoms with Gasteiger partial charge < -0.3 is 10.4 Å². The van der Waals surface area contributed by atoms with Crippen LogP contribution in [0.25, 0.3) is 0 Å². The molecule has 1 aromatic heterocycles. The Balaban J connectivity index is 0.00000180. The van der Waals surface area contributed by atoms with Crippen LogP contribution < -0.4 is 5.32 Å². The van der Waals surface area contributed by atoms with Crippen molar-refractivity contribution in [2.75, 3.05) is 12.4 Å². The van der Waals surface area contributed by atoms with Gasteiger partial charge in [0.15, 0.2) is 0 Å². The monoisotopic (exact) mass is 434 g/mol. The molecule has 0 aliphatic carbocycles. The number of rotatable bonds is 3. The number of hydrogen-bond acceptors (Lipinski definition) is 3. The van der Waals surface area contributed by atoms with E-state index in [1.165, 1.54) is 0 Å². The molecular weight excluding hydrogens is 414 g/mol. The first-order valence-corrected chi connectivity index (χ1v) is 5.99. The Bertz CT molecular complexity index is 555. The number of nitrogens with zero attached hydrogens (tertiary/aromatic N) is 1. The Labute approximate surface area is 127 Å². The van der Waals surface area contributed by atoms with Crippen LogP contribution in [0.2, 0.25) is 0 Å². The quantitative estimate of drug-likeness (QED) is 0.783. The van der Waals surface area contributed by atoms with Crippen molar-refractivity contribution in [3.63, 3.8) is 0 Å². The number of aromatic nitrogens is 1. The summed E-state index contributed by atoms with van der Waals surface area (Å²) in [6.07, 6.45) is 0. The van der Waals surface area contributed by atoms with Gasteiger partial charge in [-0.25, -0.2) is 4.98 Å². The first-order valence-electron chi connectivity index (χ1n) is 5.99. The zero-order valence-corrected chi connectivity index (χ0v) is 13.8. The second-order valence-electron chi connectivity index (χ2n) is 4.80. The van der Waals surface area contributed by atoms with Crippen molar-refractivity contribution >= 4 is 5.82 Å². The molecule has 0 saturated heterocycles.